The first-order valence-electron chi connectivity index (χ1n) is 12.3. The van der Waals surface area contributed by atoms with Crippen molar-refractivity contribution in [3.05, 3.63) is 52.8 Å². The number of Topliss-reactive ketones (excluding diaryl/α,β-unsaturated/α-hetero) is 1. The highest BCUT2D eigenvalue weighted by molar-refractivity contribution is 6.15. The van der Waals surface area contributed by atoms with Gasteiger partial charge in [-0.15, -0.1) is 0 Å². The van der Waals surface area contributed by atoms with Crippen molar-refractivity contribution in [1.29, 1.82) is 0 Å². The largest absolute Gasteiger partial charge is 0.454 e. The Morgan fingerprint density at radius 3 is 2.56 bits per heavy atom. The molecule has 1 atom stereocenters. The van der Waals surface area contributed by atoms with E-state index in [0.717, 1.165) is 17.8 Å². The van der Waals surface area contributed by atoms with Crippen LogP contribution in [-0.4, -0.2) is 65.1 Å². The summed E-state index contributed by atoms with van der Waals surface area (Å²) in [6.45, 7) is 8.23. The Balaban J connectivity index is 1.61. The van der Waals surface area contributed by atoms with Crippen molar-refractivity contribution in [3.8, 4) is 0 Å². The number of fused-ring (bicyclic) bond motifs is 3. The maximum atomic E-state index is 13.7. The van der Waals surface area contributed by atoms with Crippen molar-refractivity contribution in [1.82, 2.24) is 9.47 Å². The van der Waals surface area contributed by atoms with Crippen molar-refractivity contribution in [2.45, 2.75) is 65.2 Å². The van der Waals surface area contributed by atoms with E-state index in [1.165, 1.54) is 9.80 Å². The van der Waals surface area contributed by atoms with E-state index >= 15 is 0 Å². The second-order valence-electron chi connectivity index (χ2n) is 9.61. The van der Waals surface area contributed by atoms with Crippen LogP contribution in [0.1, 0.15) is 65.2 Å². The Bertz CT molecular complexity index is 1220. The highest BCUT2D eigenvalue weighted by Gasteiger charge is 2.62. The minimum atomic E-state index is -1.62. The summed E-state index contributed by atoms with van der Waals surface area (Å²) < 4.78 is 12.8. The van der Waals surface area contributed by atoms with Gasteiger partial charge in [0, 0.05) is 56.1 Å². The zero-order valence-corrected chi connectivity index (χ0v) is 21.5. The summed E-state index contributed by atoms with van der Waals surface area (Å²) in [4.78, 5) is 56.1. The molecule has 4 rings (SSSR count). The second-order valence-corrected chi connectivity index (χ2v) is 9.61. The molecule has 9 heteroatoms. The van der Waals surface area contributed by atoms with Gasteiger partial charge in [-0.3, -0.25) is 19.3 Å². The summed E-state index contributed by atoms with van der Waals surface area (Å²) >= 11 is 0. The molecule has 2 aliphatic heterocycles. The smallest absolute Gasteiger partial charge is 0.354 e. The van der Waals surface area contributed by atoms with Crippen molar-refractivity contribution in [2.75, 3.05) is 25.2 Å². The van der Waals surface area contributed by atoms with Crippen LogP contribution in [0.25, 0.3) is 0 Å². The number of ether oxygens (including phenoxy) is 2. The number of aryl methyl sites for hydroxylation is 1. The lowest BCUT2D eigenvalue weighted by Gasteiger charge is -2.50. The topological polar surface area (TPSA) is 98.1 Å². The van der Waals surface area contributed by atoms with Gasteiger partial charge < -0.3 is 18.9 Å². The summed E-state index contributed by atoms with van der Waals surface area (Å²) in [6.07, 6.45) is 1.00. The molecule has 0 spiro atoms. The molecule has 0 aliphatic carbocycles. The van der Waals surface area contributed by atoms with Crippen LogP contribution >= 0.6 is 0 Å². The Labute approximate surface area is 210 Å². The third kappa shape index (κ3) is 4.01. The number of aromatic nitrogens is 1. The fourth-order valence-corrected chi connectivity index (χ4v) is 5.49. The SMILES string of the molecule is COCCCn1c(C)cc(C(=O)COC(=O)C23CCC(=O)N2c2ccccc2C(=O)N3C(C)C)c1C. The molecule has 2 amide bonds. The van der Waals surface area contributed by atoms with E-state index in [1.54, 1.807) is 51.3 Å². The number of nitrogens with zero attached hydrogens (tertiary/aromatic N) is 3. The summed E-state index contributed by atoms with van der Waals surface area (Å²) in [5.41, 5.74) is 1.36. The summed E-state index contributed by atoms with van der Waals surface area (Å²) in [5, 5.41) is 0. The number of methoxy groups -OCH3 is 1. The van der Waals surface area contributed by atoms with Gasteiger partial charge in [-0.05, 0) is 52.3 Å². The molecular formula is C27H33N3O6. The lowest BCUT2D eigenvalue weighted by Crippen LogP contribution is -2.70. The molecule has 0 saturated carbocycles. The van der Waals surface area contributed by atoms with E-state index in [2.05, 4.69) is 0 Å². The fourth-order valence-electron chi connectivity index (χ4n) is 5.49. The molecule has 0 N–H and O–H groups in total. The van der Waals surface area contributed by atoms with Gasteiger partial charge >= 0.3 is 5.97 Å². The van der Waals surface area contributed by atoms with Crippen molar-refractivity contribution in [2.24, 2.45) is 0 Å². The molecule has 1 fully saturated rings. The Kier molecular flexibility index (Phi) is 7.04. The number of carbonyl (C=O) groups excluding carboxylic acids is 4. The van der Waals surface area contributed by atoms with Crippen LogP contribution in [0, 0.1) is 13.8 Å². The standard InChI is InChI=1S/C27H33N3O6/c1-17(2)29-25(33)20-9-6-7-10-22(20)30-24(32)11-12-27(29,30)26(34)36-16-23(31)21-15-18(3)28(19(21)4)13-8-14-35-5/h6-7,9-10,15,17H,8,11-14,16H2,1-5H3. The highest BCUT2D eigenvalue weighted by Crippen LogP contribution is 2.46. The maximum absolute atomic E-state index is 13.7. The number of benzene rings is 1. The predicted octanol–water partition coefficient (Wildman–Crippen LogP) is 3.25. The lowest BCUT2D eigenvalue weighted by molar-refractivity contribution is -0.157. The molecule has 2 aliphatic rings. The number of hydrogen-bond donors (Lipinski definition) is 0. The number of amides is 2. The molecule has 1 unspecified atom stereocenters. The van der Waals surface area contributed by atoms with E-state index in [9.17, 15) is 19.2 Å². The normalized spacial score (nSPS) is 19.1. The van der Waals surface area contributed by atoms with Gasteiger partial charge in [-0.1, -0.05) is 12.1 Å². The molecule has 2 aromatic rings. The van der Waals surface area contributed by atoms with E-state index in [1.807, 2.05) is 18.4 Å². The third-order valence-electron chi connectivity index (χ3n) is 7.08. The molecule has 1 saturated heterocycles. The molecule has 36 heavy (non-hydrogen) atoms. The second kappa shape index (κ2) is 9.89. The molecule has 1 aromatic heterocycles. The van der Waals surface area contributed by atoms with E-state index in [4.69, 9.17) is 9.47 Å². The van der Waals surface area contributed by atoms with E-state index < -0.39 is 18.2 Å². The Hall–Kier alpha value is -3.46. The quantitative estimate of drug-likeness (QED) is 0.301. The first kappa shape index (κ1) is 25.6. The van der Waals surface area contributed by atoms with Gasteiger partial charge in [-0.25, -0.2) is 4.79 Å². The molecule has 192 valence electrons. The fraction of sp³-hybridized carbons (Fsp3) is 0.481. The number of carbonyl (C=O) groups is 4. The number of anilines is 1. The molecule has 9 nitrogen and oxygen atoms in total. The molecule has 1 aromatic carbocycles. The van der Waals surface area contributed by atoms with Crippen molar-refractivity contribution in [3.63, 3.8) is 0 Å². The van der Waals surface area contributed by atoms with Crippen molar-refractivity contribution < 1.29 is 28.7 Å². The average Bonchev–Trinajstić information content (AvgIpc) is 3.34. The third-order valence-corrected chi connectivity index (χ3v) is 7.08. The number of esters is 1. The van der Waals surface area contributed by atoms with Gasteiger partial charge in [0.2, 0.25) is 17.4 Å². The minimum absolute atomic E-state index is 0.0938. The van der Waals surface area contributed by atoms with Crippen LogP contribution < -0.4 is 4.90 Å². The number of ketones is 1. The zero-order chi connectivity index (χ0) is 26.2. The monoisotopic (exact) mass is 495 g/mol. The first-order chi connectivity index (χ1) is 17.1. The Morgan fingerprint density at radius 1 is 1.14 bits per heavy atom. The van der Waals surface area contributed by atoms with Crippen LogP contribution in [-0.2, 0) is 25.6 Å². The molecule has 0 bridgehead atoms. The van der Waals surface area contributed by atoms with Crippen LogP contribution in [0.4, 0.5) is 5.69 Å². The van der Waals surface area contributed by atoms with Crippen LogP contribution in [0.2, 0.25) is 0 Å². The van der Waals surface area contributed by atoms with Crippen molar-refractivity contribution >= 4 is 29.3 Å². The van der Waals surface area contributed by atoms with Gasteiger partial charge in [0.25, 0.3) is 5.91 Å². The van der Waals surface area contributed by atoms with E-state index in [0.29, 0.717) is 30.0 Å². The van der Waals surface area contributed by atoms with Crippen LogP contribution in [0.15, 0.2) is 30.3 Å². The van der Waals surface area contributed by atoms with E-state index in [-0.39, 0.29) is 36.5 Å². The van der Waals surface area contributed by atoms with Crippen LogP contribution in [0.3, 0.4) is 0 Å². The Morgan fingerprint density at radius 2 is 1.86 bits per heavy atom. The number of hydrogen-bond acceptors (Lipinski definition) is 6. The maximum Gasteiger partial charge on any atom is 0.354 e. The van der Waals surface area contributed by atoms with Crippen LogP contribution in [0.5, 0.6) is 0 Å². The number of rotatable bonds is 9. The minimum Gasteiger partial charge on any atom is -0.454 e. The lowest BCUT2D eigenvalue weighted by atomic mass is 9.95. The molecular weight excluding hydrogens is 462 g/mol. The van der Waals surface area contributed by atoms with Gasteiger partial charge in [0.15, 0.2) is 6.61 Å². The van der Waals surface area contributed by atoms with Gasteiger partial charge in [-0.2, -0.15) is 0 Å². The average molecular weight is 496 g/mol. The summed E-state index contributed by atoms with van der Waals surface area (Å²) in [6, 6.07) is 8.19. The first-order valence-corrected chi connectivity index (χ1v) is 12.3. The molecule has 3 heterocycles. The number of para-hydroxylation sites is 1. The highest BCUT2D eigenvalue weighted by atomic mass is 16.5. The summed E-state index contributed by atoms with van der Waals surface area (Å²) in [7, 11) is 1.65. The molecule has 0 radical (unpaired) electrons. The van der Waals surface area contributed by atoms with Gasteiger partial charge in [0.05, 0.1) is 11.3 Å². The zero-order valence-electron chi connectivity index (χ0n) is 21.5. The van der Waals surface area contributed by atoms with Gasteiger partial charge in [0.1, 0.15) is 0 Å². The summed E-state index contributed by atoms with van der Waals surface area (Å²) in [5.74, 6) is -1.70. The predicted molar refractivity (Wildman–Crippen MR) is 133 cm³/mol.